The van der Waals surface area contributed by atoms with Gasteiger partial charge in [0.05, 0.1) is 12.6 Å². The minimum Gasteiger partial charge on any atom is -0.376 e. The number of rotatable bonds is 7. The second kappa shape index (κ2) is 11.1. The molecule has 1 aromatic rings. The van der Waals surface area contributed by atoms with Crippen LogP contribution in [0.5, 0.6) is 0 Å². The number of hydrogen-bond acceptors (Lipinski definition) is 5. The van der Waals surface area contributed by atoms with E-state index < -0.39 is 30.1 Å². The minimum absolute atomic E-state index is 0.00478. The average molecular weight is 522 g/mol. The van der Waals surface area contributed by atoms with Crippen LogP contribution in [0.3, 0.4) is 0 Å². The number of benzene rings is 1. The zero-order chi connectivity index (χ0) is 26.1. The van der Waals surface area contributed by atoms with Crippen LogP contribution < -0.4 is 10.6 Å². The van der Waals surface area contributed by atoms with Gasteiger partial charge in [0.15, 0.2) is 0 Å². The fourth-order valence-corrected chi connectivity index (χ4v) is 6.38. The summed E-state index contributed by atoms with van der Waals surface area (Å²) >= 11 is 0. The number of amides is 3. The van der Waals surface area contributed by atoms with E-state index in [4.69, 9.17) is 4.74 Å². The first-order valence-electron chi connectivity index (χ1n) is 13.4. The van der Waals surface area contributed by atoms with Gasteiger partial charge in [-0.25, -0.2) is 13.2 Å². The molecule has 3 amide bonds. The van der Waals surface area contributed by atoms with Gasteiger partial charge in [0.2, 0.25) is 18.2 Å². The van der Waals surface area contributed by atoms with Gasteiger partial charge >= 0.3 is 0 Å². The monoisotopic (exact) mass is 521 g/mol. The van der Waals surface area contributed by atoms with Gasteiger partial charge in [-0.2, -0.15) is 0 Å². The number of nitrogens with one attached hydrogen (secondary N) is 2. The van der Waals surface area contributed by atoms with E-state index in [2.05, 4.69) is 10.6 Å². The molecule has 1 saturated carbocycles. The number of hydrogen-bond donors (Lipinski definition) is 2. The molecule has 2 saturated heterocycles. The molecular weight excluding hydrogens is 487 g/mol. The van der Waals surface area contributed by atoms with Crippen molar-refractivity contribution >= 4 is 17.7 Å². The Morgan fingerprint density at radius 1 is 1.08 bits per heavy atom. The molecule has 2 N–H and O–H groups in total. The van der Waals surface area contributed by atoms with Crippen molar-refractivity contribution in [1.29, 1.82) is 0 Å². The van der Waals surface area contributed by atoms with Gasteiger partial charge in [-0.1, -0.05) is 6.07 Å². The Labute approximate surface area is 214 Å². The lowest BCUT2D eigenvalue weighted by Gasteiger charge is -2.38. The molecule has 3 aliphatic heterocycles. The highest BCUT2D eigenvalue weighted by Crippen LogP contribution is 2.33. The second-order valence-electron chi connectivity index (χ2n) is 10.8. The van der Waals surface area contributed by atoms with Crippen LogP contribution in [-0.2, 0) is 27.3 Å². The van der Waals surface area contributed by atoms with Crippen LogP contribution in [0.4, 0.5) is 13.2 Å². The highest BCUT2D eigenvalue weighted by atomic mass is 19.3. The molecule has 5 rings (SSSR count). The molecule has 202 valence electrons. The molecule has 3 atom stereocenters. The van der Waals surface area contributed by atoms with Gasteiger partial charge in [-0.05, 0) is 62.5 Å². The maximum Gasteiger partial charge on any atom is 0.255 e. The van der Waals surface area contributed by atoms with E-state index in [1.165, 1.54) is 4.90 Å². The van der Waals surface area contributed by atoms with Crippen molar-refractivity contribution in [3.63, 3.8) is 0 Å². The van der Waals surface area contributed by atoms with Crippen molar-refractivity contribution < 1.29 is 32.3 Å². The molecule has 0 aromatic heterocycles. The number of carbonyl (C=O) groups is 3. The molecule has 0 spiro atoms. The molecule has 10 heteroatoms. The summed E-state index contributed by atoms with van der Waals surface area (Å²) in [7, 11) is 0. The van der Waals surface area contributed by atoms with Gasteiger partial charge in [0.1, 0.15) is 11.9 Å². The summed E-state index contributed by atoms with van der Waals surface area (Å²) in [6.07, 6.45) is 3.30. The number of carbonyl (C=O) groups excluding carboxylic acids is 3. The smallest absolute Gasteiger partial charge is 0.255 e. The van der Waals surface area contributed by atoms with Crippen molar-refractivity contribution in [2.45, 2.75) is 101 Å². The number of alkyl halides is 2. The number of piperidine rings is 1. The third-order valence-corrected chi connectivity index (χ3v) is 8.40. The van der Waals surface area contributed by atoms with Crippen molar-refractivity contribution in [3.8, 4) is 0 Å². The topological polar surface area (TPSA) is 87.7 Å². The van der Waals surface area contributed by atoms with E-state index in [1.807, 2.05) is 0 Å². The standard InChI is InChI=1S/C27H34F3N3O4/c28-23(29)12-15-3-6-17(7-4-15)31-20-2-1-11-37-22(20)13-16-5-8-18-19(25(16)30)14-33(27(18)36)21-9-10-24(34)32-26(21)35/h5,8,15,17,20-23,31H,1-4,6-7,9-14H2,(H,32,34,35)/t15?,17?,20-,21?,22+/m0/s1. The third kappa shape index (κ3) is 5.70. The molecule has 7 nitrogen and oxygen atoms in total. The molecule has 1 unspecified atom stereocenters. The van der Waals surface area contributed by atoms with Crippen LogP contribution >= 0.6 is 0 Å². The lowest BCUT2D eigenvalue weighted by molar-refractivity contribution is -0.136. The van der Waals surface area contributed by atoms with E-state index >= 15 is 4.39 Å². The average Bonchev–Trinajstić information content (AvgIpc) is 3.20. The number of ether oxygens (including phenoxy) is 1. The van der Waals surface area contributed by atoms with E-state index in [1.54, 1.807) is 12.1 Å². The lowest BCUT2D eigenvalue weighted by atomic mass is 9.83. The quantitative estimate of drug-likeness (QED) is 0.537. The summed E-state index contributed by atoms with van der Waals surface area (Å²) in [5.74, 6) is -1.65. The number of nitrogens with zero attached hydrogens (tertiary/aromatic N) is 1. The van der Waals surface area contributed by atoms with Crippen molar-refractivity contribution in [2.24, 2.45) is 5.92 Å². The molecule has 1 aliphatic carbocycles. The Morgan fingerprint density at radius 3 is 2.59 bits per heavy atom. The predicted octanol–water partition coefficient (Wildman–Crippen LogP) is 3.48. The first-order chi connectivity index (χ1) is 17.8. The van der Waals surface area contributed by atoms with Gasteiger partial charge in [0, 0.05) is 49.1 Å². The van der Waals surface area contributed by atoms with E-state index in [9.17, 15) is 23.2 Å². The summed E-state index contributed by atoms with van der Waals surface area (Å²) in [6, 6.07) is 2.75. The van der Waals surface area contributed by atoms with Crippen LogP contribution in [0.25, 0.3) is 0 Å². The zero-order valence-corrected chi connectivity index (χ0v) is 20.8. The Morgan fingerprint density at radius 2 is 1.86 bits per heavy atom. The third-order valence-electron chi connectivity index (χ3n) is 8.40. The Bertz CT molecular complexity index is 1040. The molecule has 0 radical (unpaired) electrons. The molecule has 37 heavy (non-hydrogen) atoms. The van der Waals surface area contributed by atoms with Crippen LogP contribution in [0.15, 0.2) is 12.1 Å². The fraction of sp³-hybridized carbons (Fsp3) is 0.667. The molecule has 1 aromatic carbocycles. The first kappa shape index (κ1) is 26.2. The van der Waals surface area contributed by atoms with Crippen molar-refractivity contribution in [1.82, 2.24) is 15.5 Å². The van der Waals surface area contributed by atoms with Crippen LogP contribution in [0, 0.1) is 11.7 Å². The molecule has 3 fully saturated rings. The first-order valence-corrected chi connectivity index (χ1v) is 13.4. The highest BCUT2D eigenvalue weighted by molar-refractivity contribution is 6.05. The van der Waals surface area contributed by atoms with Crippen molar-refractivity contribution in [2.75, 3.05) is 6.61 Å². The number of fused-ring (bicyclic) bond motifs is 1. The van der Waals surface area contributed by atoms with Crippen LogP contribution in [0.1, 0.15) is 79.3 Å². The number of imide groups is 1. The molecular formula is C27H34F3N3O4. The lowest BCUT2D eigenvalue weighted by Crippen LogP contribution is -2.52. The summed E-state index contributed by atoms with van der Waals surface area (Å²) in [4.78, 5) is 38.1. The molecule has 0 bridgehead atoms. The van der Waals surface area contributed by atoms with E-state index in [-0.39, 0.29) is 66.9 Å². The van der Waals surface area contributed by atoms with Gasteiger partial charge < -0.3 is 15.0 Å². The largest absolute Gasteiger partial charge is 0.376 e. The Kier molecular flexibility index (Phi) is 7.85. The zero-order valence-electron chi connectivity index (χ0n) is 20.8. The Hall–Kier alpha value is -2.46. The van der Waals surface area contributed by atoms with Crippen LogP contribution in [0.2, 0.25) is 0 Å². The Balaban J connectivity index is 1.23. The van der Waals surface area contributed by atoms with Gasteiger partial charge in [-0.15, -0.1) is 0 Å². The highest BCUT2D eigenvalue weighted by Gasteiger charge is 2.41. The second-order valence-corrected chi connectivity index (χ2v) is 10.8. The normalized spacial score (nSPS) is 30.5. The van der Waals surface area contributed by atoms with Gasteiger partial charge in [-0.3, -0.25) is 19.7 Å². The SMILES string of the molecule is O=C1CCC(N2Cc3c(ccc(C[C@H]4OCCC[C@@H]4NC4CCC(CC(F)F)CC4)c3F)C2=O)C(=O)N1. The van der Waals surface area contributed by atoms with Gasteiger partial charge in [0.25, 0.3) is 5.91 Å². The van der Waals surface area contributed by atoms with Crippen molar-refractivity contribution in [3.05, 3.63) is 34.6 Å². The summed E-state index contributed by atoms with van der Waals surface area (Å²) in [6.45, 7) is 0.591. The van der Waals surface area contributed by atoms with Crippen LogP contribution in [-0.4, -0.2) is 59.9 Å². The molecule has 3 heterocycles. The number of halogens is 3. The fourth-order valence-electron chi connectivity index (χ4n) is 6.38. The maximum atomic E-state index is 15.7. The summed E-state index contributed by atoms with van der Waals surface area (Å²) in [5.41, 5.74) is 1.01. The minimum atomic E-state index is -2.25. The maximum absolute atomic E-state index is 15.7. The predicted molar refractivity (Wildman–Crippen MR) is 128 cm³/mol. The summed E-state index contributed by atoms with van der Waals surface area (Å²) < 4.78 is 47.2. The molecule has 4 aliphatic rings. The van der Waals surface area contributed by atoms with E-state index in [0.717, 1.165) is 38.5 Å². The summed E-state index contributed by atoms with van der Waals surface area (Å²) in [5, 5.41) is 5.93. The van der Waals surface area contributed by atoms with E-state index in [0.29, 0.717) is 18.6 Å².